The molecule has 0 unspecified atom stereocenters. The zero-order valence-electron chi connectivity index (χ0n) is 10.9. The fourth-order valence-electron chi connectivity index (χ4n) is 1.88. The number of anilines is 2. The molecule has 4 nitrogen and oxygen atoms in total. The lowest BCUT2D eigenvalue weighted by Crippen LogP contribution is -2.02. The standard InChI is InChI=1S/C15H10F2N2O2/c1-8-4-10(2-3-11(8)15(20)21)19-14-12(16)5-9(7-18)6-13(14)17/h2-6,19H,1H3,(H,20,21). The number of carboxylic acids is 1. The van der Waals surface area contributed by atoms with Crippen molar-refractivity contribution in [3.8, 4) is 6.07 Å². The van der Waals surface area contributed by atoms with Crippen LogP contribution in [-0.4, -0.2) is 11.1 Å². The first kappa shape index (κ1) is 14.5. The van der Waals surface area contributed by atoms with Gasteiger partial charge in [0.05, 0.1) is 17.2 Å². The highest BCUT2D eigenvalue weighted by Gasteiger charge is 2.13. The molecule has 0 radical (unpaired) electrons. The third kappa shape index (κ3) is 2.98. The number of benzene rings is 2. The van der Waals surface area contributed by atoms with Gasteiger partial charge < -0.3 is 10.4 Å². The zero-order chi connectivity index (χ0) is 15.6. The average Bonchev–Trinajstić information content (AvgIpc) is 2.42. The van der Waals surface area contributed by atoms with E-state index in [4.69, 9.17) is 10.4 Å². The molecular weight excluding hydrogens is 278 g/mol. The van der Waals surface area contributed by atoms with Crippen LogP contribution in [0.1, 0.15) is 21.5 Å². The lowest BCUT2D eigenvalue weighted by molar-refractivity contribution is 0.0696. The Morgan fingerprint density at radius 1 is 1.24 bits per heavy atom. The van der Waals surface area contributed by atoms with Crippen LogP contribution < -0.4 is 5.32 Å². The van der Waals surface area contributed by atoms with Gasteiger partial charge in [0.2, 0.25) is 0 Å². The number of aryl methyl sites for hydroxylation is 1. The van der Waals surface area contributed by atoms with Gasteiger partial charge in [-0.2, -0.15) is 5.26 Å². The van der Waals surface area contributed by atoms with Gasteiger partial charge in [-0.15, -0.1) is 0 Å². The average molecular weight is 288 g/mol. The van der Waals surface area contributed by atoms with Gasteiger partial charge in [-0.1, -0.05) is 0 Å². The van der Waals surface area contributed by atoms with Crippen molar-refractivity contribution in [2.75, 3.05) is 5.32 Å². The number of hydrogen-bond donors (Lipinski definition) is 2. The van der Waals surface area contributed by atoms with Crippen molar-refractivity contribution in [1.29, 1.82) is 5.26 Å². The molecule has 0 saturated heterocycles. The monoisotopic (exact) mass is 288 g/mol. The molecule has 21 heavy (non-hydrogen) atoms. The predicted octanol–water partition coefficient (Wildman–Crippen LogP) is 3.59. The fourth-order valence-corrected chi connectivity index (χ4v) is 1.88. The van der Waals surface area contributed by atoms with Crippen LogP contribution in [0.4, 0.5) is 20.2 Å². The Labute approximate surface area is 119 Å². The number of nitrogens with zero attached hydrogens (tertiary/aromatic N) is 1. The molecule has 0 fully saturated rings. The van der Waals surface area contributed by atoms with Crippen molar-refractivity contribution >= 4 is 17.3 Å². The van der Waals surface area contributed by atoms with Crippen molar-refractivity contribution in [3.63, 3.8) is 0 Å². The van der Waals surface area contributed by atoms with Crippen molar-refractivity contribution in [1.82, 2.24) is 0 Å². The van der Waals surface area contributed by atoms with Gasteiger partial charge in [0.1, 0.15) is 5.69 Å². The molecule has 0 amide bonds. The van der Waals surface area contributed by atoms with E-state index in [1.807, 2.05) is 0 Å². The van der Waals surface area contributed by atoms with Crippen LogP contribution in [0.5, 0.6) is 0 Å². The van der Waals surface area contributed by atoms with E-state index < -0.39 is 23.3 Å². The molecule has 0 aromatic heterocycles. The summed E-state index contributed by atoms with van der Waals surface area (Å²) in [6.07, 6.45) is 0. The van der Waals surface area contributed by atoms with Crippen LogP contribution in [-0.2, 0) is 0 Å². The van der Waals surface area contributed by atoms with Gasteiger partial charge in [-0.05, 0) is 42.8 Å². The van der Waals surface area contributed by atoms with Gasteiger partial charge in [-0.25, -0.2) is 13.6 Å². The van der Waals surface area contributed by atoms with Crippen LogP contribution in [0.15, 0.2) is 30.3 Å². The highest BCUT2D eigenvalue weighted by molar-refractivity contribution is 5.90. The maximum atomic E-state index is 13.7. The Bertz CT molecular complexity index is 744. The van der Waals surface area contributed by atoms with Crippen LogP contribution in [0, 0.1) is 29.9 Å². The number of hydrogen-bond acceptors (Lipinski definition) is 3. The largest absolute Gasteiger partial charge is 0.478 e. The lowest BCUT2D eigenvalue weighted by Gasteiger charge is -2.11. The van der Waals surface area contributed by atoms with E-state index in [0.717, 1.165) is 12.1 Å². The quantitative estimate of drug-likeness (QED) is 0.905. The number of nitrogens with one attached hydrogen (secondary N) is 1. The second-order valence-electron chi connectivity index (χ2n) is 4.39. The van der Waals surface area contributed by atoms with E-state index in [0.29, 0.717) is 11.3 Å². The number of aromatic carboxylic acids is 1. The summed E-state index contributed by atoms with van der Waals surface area (Å²) in [5, 5.41) is 20.1. The second kappa shape index (κ2) is 5.59. The van der Waals surface area contributed by atoms with Gasteiger partial charge in [0.15, 0.2) is 11.6 Å². The van der Waals surface area contributed by atoms with Crippen molar-refractivity contribution in [2.45, 2.75) is 6.92 Å². The molecule has 0 atom stereocenters. The Morgan fingerprint density at radius 2 is 1.86 bits per heavy atom. The van der Waals surface area contributed by atoms with Crippen molar-refractivity contribution < 1.29 is 18.7 Å². The molecule has 0 aliphatic carbocycles. The van der Waals surface area contributed by atoms with Crippen LogP contribution in [0.2, 0.25) is 0 Å². The number of carboxylic acid groups (broad SMARTS) is 1. The predicted molar refractivity (Wildman–Crippen MR) is 72.5 cm³/mol. The minimum absolute atomic E-state index is 0.112. The first-order chi connectivity index (χ1) is 9.92. The van der Waals surface area contributed by atoms with Gasteiger partial charge in [0, 0.05) is 5.69 Å². The molecule has 2 rings (SSSR count). The molecule has 0 bridgehead atoms. The summed E-state index contributed by atoms with van der Waals surface area (Å²) in [6.45, 7) is 1.58. The summed E-state index contributed by atoms with van der Waals surface area (Å²) in [7, 11) is 0. The highest BCUT2D eigenvalue weighted by Crippen LogP contribution is 2.26. The van der Waals surface area contributed by atoms with Gasteiger partial charge >= 0.3 is 5.97 Å². The summed E-state index contributed by atoms with van der Waals surface area (Å²) in [4.78, 5) is 10.9. The van der Waals surface area contributed by atoms with Gasteiger partial charge in [-0.3, -0.25) is 0 Å². The van der Waals surface area contributed by atoms with Crippen LogP contribution in [0.25, 0.3) is 0 Å². The Balaban J connectivity index is 2.37. The summed E-state index contributed by atoms with van der Waals surface area (Å²) in [6, 6.07) is 7.73. The summed E-state index contributed by atoms with van der Waals surface area (Å²) < 4.78 is 27.5. The smallest absolute Gasteiger partial charge is 0.335 e. The fraction of sp³-hybridized carbons (Fsp3) is 0.0667. The Hall–Kier alpha value is -2.94. The molecule has 0 aliphatic heterocycles. The van der Waals surface area contributed by atoms with E-state index in [9.17, 15) is 13.6 Å². The van der Waals surface area contributed by atoms with Crippen molar-refractivity contribution in [2.24, 2.45) is 0 Å². The third-order valence-electron chi connectivity index (χ3n) is 2.90. The van der Waals surface area contributed by atoms with E-state index in [1.165, 1.54) is 18.2 Å². The molecule has 2 aromatic carbocycles. The maximum Gasteiger partial charge on any atom is 0.335 e. The summed E-state index contributed by atoms with van der Waals surface area (Å²) in [5.41, 5.74) is 0.410. The molecule has 6 heteroatoms. The number of carbonyl (C=O) groups is 1. The zero-order valence-corrected chi connectivity index (χ0v) is 10.9. The third-order valence-corrected chi connectivity index (χ3v) is 2.90. The minimum Gasteiger partial charge on any atom is -0.478 e. The molecule has 0 spiro atoms. The summed E-state index contributed by atoms with van der Waals surface area (Å²) in [5.74, 6) is -2.87. The number of nitriles is 1. The minimum atomic E-state index is -1.07. The molecule has 2 aromatic rings. The van der Waals surface area contributed by atoms with E-state index >= 15 is 0 Å². The van der Waals surface area contributed by atoms with Gasteiger partial charge in [0.25, 0.3) is 0 Å². The first-order valence-electron chi connectivity index (χ1n) is 5.92. The topological polar surface area (TPSA) is 73.1 Å². The Morgan fingerprint density at radius 3 is 2.33 bits per heavy atom. The summed E-state index contributed by atoms with van der Waals surface area (Å²) >= 11 is 0. The molecular formula is C15H10F2N2O2. The van der Waals surface area contributed by atoms with Crippen LogP contribution >= 0.6 is 0 Å². The lowest BCUT2D eigenvalue weighted by atomic mass is 10.1. The second-order valence-corrected chi connectivity index (χ2v) is 4.39. The van der Waals surface area contributed by atoms with E-state index in [2.05, 4.69) is 5.32 Å². The molecule has 106 valence electrons. The normalized spacial score (nSPS) is 10.0. The number of halogens is 2. The highest BCUT2D eigenvalue weighted by atomic mass is 19.1. The number of rotatable bonds is 3. The SMILES string of the molecule is Cc1cc(Nc2c(F)cc(C#N)cc2F)ccc1C(=O)O. The molecule has 0 aliphatic rings. The van der Waals surface area contributed by atoms with Crippen LogP contribution in [0.3, 0.4) is 0 Å². The first-order valence-corrected chi connectivity index (χ1v) is 5.92. The Kier molecular flexibility index (Phi) is 3.85. The van der Waals surface area contributed by atoms with E-state index in [-0.39, 0.29) is 11.1 Å². The molecule has 0 saturated carbocycles. The molecule has 0 heterocycles. The maximum absolute atomic E-state index is 13.7. The molecule has 2 N–H and O–H groups in total. The van der Waals surface area contributed by atoms with Crippen molar-refractivity contribution in [3.05, 3.63) is 58.7 Å². The van der Waals surface area contributed by atoms with E-state index in [1.54, 1.807) is 13.0 Å².